The van der Waals surface area contributed by atoms with Crippen molar-refractivity contribution in [2.24, 2.45) is 0 Å². The maximum atomic E-state index is 6.89. The van der Waals surface area contributed by atoms with E-state index in [9.17, 15) is 0 Å². The first-order chi connectivity index (χ1) is 29.0. The molecular formula is C54H74N2O4. The highest BCUT2D eigenvalue weighted by Crippen LogP contribution is 2.46. The highest BCUT2D eigenvalue weighted by molar-refractivity contribution is 5.77. The molecule has 0 amide bonds. The number of hydrogen-bond acceptors (Lipinski definition) is 6. The minimum absolute atomic E-state index is 0.374. The van der Waals surface area contributed by atoms with Gasteiger partial charge in [-0.3, -0.25) is 4.90 Å². The van der Waals surface area contributed by atoms with Crippen molar-refractivity contribution in [3.63, 3.8) is 0 Å². The Morgan fingerprint density at radius 3 is 1.10 bits per heavy atom. The van der Waals surface area contributed by atoms with Gasteiger partial charge in [0, 0.05) is 36.3 Å². The van der Waals surface area contributed by atoms with E-state index in [-0.39, 0.29) is 0 Å². The average Bonchev–Trinajstić information content (AvgIpc) is 3.20. The van der Waals surface area contributed by atoms with Crippen LogP contribution in [0.2, 0.25) is 0 Å². The second-order valence-corrected chi connectivity index (χ2v) is 18.7. The molecular weight excluding hydrogens is 741 g/mol. The Kier molecular flexibility index (Phi) is 15.1. The van der Waals surface area contributed by atoms with Gasteiger partial charge in [-0.2, -0.15) is 0 Å². The van der Waals surface area contributed by atoms with Gasteiger partial charge in [-0.05, 0) is 152 Å². The number of nitrogens with zero attached hydrogens (tertiary/aromatic N) is 2. The van der Waals surface area contributed by atoms with Crippen LogP contribution in [0.1, 0.15) is 146 Å². The summed E-state index contributed by atoms with van der Waals surface area (Å²) < 4.78 is 27.4. The van der Waals surface area contributed by atoms with Crippen molar-refractivity contribution in [3.05, 3.63) is 104 Å². The Labute approximate surface area is 363 Å². The second kappa shape index (κ2) is 20.6. The lowest BCUT2D eigenvalue weighted by atomic mass is 9.92. The third kappa shape index (κ3) is 10.8. The fraction of sp³-hybridized carbons (Fsp3) is 0.556. The molecule has 0 radical (unpaired) electrons. The fourth-order valence-corrected chi connectivity index (χ4v) is 10.5. The Hall–Kier alpha value is -4.16. The first kappa shape index (κ1) is 43.9. The average molecular weight is 815 g/mol. The predicted molar refractivity (Wildman–Crippen MR) is 249 cm³/mol. The first-order valence-corrected chi connectivity index (χ1v) is 23.5. The van der Waals surface area contributed by atoms with Gasteiger partial charge >= 0.3 is 0 Å². The summed E-state index contributed by atoms with van der Waals surface area (Å²) in [5, 5.41) is 0. The molecule has 6 nitrogen and oxygen atoms in total. The minimum Gasteiger partial charge on any atom is -0.493 e. The van der Waals surface area contributed by atoms with E-state index in [1.807, 2.05) is 0 Å². The molecule has 324 valence electrons. The predicted octanol–water partition coefficient (Wildman–Crippen LogP) is 13.7. The van der Waals surface area contributed by atoms with Crippen molar-refractivity contribution in [1.82, 2.24) is 4.90 Å². The van der Waals surface area contributed by atoms with Crippen LogP contribution in [0, 0.1) is 55.4 Å². The summed E-state index contributed by atoms with van der Waals surface area (Å²) in [6.45, 7) is 22.1. The molecule has 4 aromatic carbocycles. The number of ether oxygens (including phenoxy) is 4. The summed E-state index contributed by atoms with van der Waals surface area (Å²) in [7, 11) is 0. The van der Waals surface area contributed by atoms with Crippen LogP contribution >= 0.6 is 0 Å². The van der Waals surface area contributed by atoms with Crippen LogP contribution in [0.5, 0.6) is 23.0 Å². The normalized spacial score (nSPS) is 18.6. The number of benzene rings is 4. The largest absolute Gasteiger partial charge is 0.493 e. The number of anilines is 2. The smallest absolute Gasteiger partial charge is 0.145 e. The molecule has 2 saturated carbocycles. The van der Waals surface area contributed by atoms with Gasteiger partial charge in [0.25, 0.3) is 0 Å². The van der Waals surface area contributed by atoms with Crippen LogP contribution in [0.15, 0.2) is 48.5 Å². The van der Waals surface area contributed by atoms with Crippen molar-refractivity contribution in [2.75, 3.05) is 31.3 Å². The zero-order chi connectivity index (χ0) is 42.2. The van der Waals surface area contributed by atoms with E-state index in [1.54, 1.807) is 0 Å². The molecule has 2 aliphatic carbocycles. The Bertz CT molecular complexity index is 1930. The summed E-state index contributed by atoms with van der Waals surface area (Å²) in [4.78, 5) is 5.34. The molecule has 4 aromatic rings. The third-order valence-corrected chi connectivity index (χ3v) is 13.2. The quantitative estimate of drug-likeness (QED) is 0.201. The summed E-state index contributed by atoms with van der Waals surface area (Å²) in [5.41, 5.74) is 14.8. The number of fused-ring (bicyclic) bond motifs is 4. The highest BCUT2D eigenvalue weighted by atomic mass is 16.5. The molecule has 0 spiro atoms. The molecule has 1 heterocycles. The number of aryl methyl sites for hydroxylation is 8. The van der Waals surface area contributed by atoms with E-state index < -0.39 is 0 Å². The zero-order valence-corrected chi connectivity index (χ0v) is 38.4. The van der Waals surface area contributed by atoms with Crippen molar-refractivity contribution >= 4 is 11.4 Å². The highest BCUT2D eigenvalue weighted by Gasteiger charge is 2.30. The van der Waals surface area contributed by atoms with Crippen LogP contribution < -0.4 is 23.8 Å². The molecule has 0 bridgehead atoms. The lowest BCUT2D eigenvalue weighted by molar-refractivity contribution is 0.135. The monoisotopic (exact) mass is 815 g/mol. The maximum Gasteiger partial charge on any atom is 0.145 e. The first-order valence-electron chi connectivity index (χ1n) is 23.5. The Morgan fingerprint density at radius 2 is 0.700 bits per heavy atom. The van der Waals surface area contributed by atoms with Gasteiger partial charge in [0.1, 0.15) is 23.0 Å². The zero-order valence-electron chi connectivity index (χ0n) is 38.4. The molecule has 7 rings (SSSR count). The SMILES string of the molecule is Cc1cc(C)c2c(c1)CN(C1CCCCC1)Cc1cc(C)cc(C)c1OCCCCOc1c(C)cc(C)cc1N(C1CCCCC1)c1cc(C)cc(C)c1OCCCCO2. The van der Waals surface area contributed by atoms with Crippen LogP contribution in [0.4, 0.5) is 11.4 Å². The van der Waals surface area contributed by atoms with Gasteiger partial charge in [0.05, 0.1) is 37.8 Å². The summed E-state index contributed by atoms with van der Waals surface area (Å²) in [6.07, 6.45) is 16.2. The minimum atomic E-state index is 0.374. The van der Waals surface area contributed by atoms with E-state index in [1.165, 1.54) is 118 Å². The third-order valence-electron chi connectivity index (χ3n) is 13.2. The van der Waals surface area contributed by atoms with Crippen molar-refractivity contribution in [3.8, 4) is 23.0 Å². The van der Waals surface area contributed by atoms with Gasteiger partial charge in [-0.25, -0.2) is 0 Å². The van der Waals surface area contributed by atoms with Crippen LogP contribution in [0.25, 0.3) is 0 Å². The van der Waals surface area contributed by atoms with Gasteiger partial charge in [0.2, 0.25) is 0 Å². The van der Waals surface area contributed by atoms with Crippen molar-refractivity contribution in [1.29, 1.82) is 0 Å². The maximum absolute atomic E-state index is 6.89. The molecule has 0 unspecified atom stereocenters. The standard InChI is InChI=1S/C54H74N2O4/c1-37-27-41(5)51-45(31-37)35-55(47-19-11-9-12-20-47)36-46-32-38(2)28-42(6)52(46)58-24-16-18-26-60-54-44(8)30-40(4)34-50(54)56(48-21-13-10-14-22-48)49-33-39(3)29-43(7)53(49)59-25-17-15-23-57-51/h27-34,47-48H,9-26,35-36H2,1-8H3. The lowest BCUT2D eigenvalue weighted by Crippen LogP contribution is -2.36. The van der Waals surface area contributed by atoms with E-state index in [0.717, 1.165) is 74.6 Å². The molecule has 0 atom stereocenters. The van der Waals surface area contributed by atoms with E-state index in [2.05, 4.69) is 114 Å². The van der Waals surface area contributed by atoms with Crippen LogP contribution in [0.3, 0.4) is 0 Å². The van der Waals surface area contributed by atoms with Crippen LogP contribution in [-0.4, -0.2) is 43.4 Å². The van der Waals surface area contributed by atoms with E-state index in [0.29, 0.717) is 38.5 Å². The molecule has 0 aromatic heterocycles. The van der Waals surface area contributed by atoms with Gasteiger partial charge < -0.3 is 23.8 Å². The summed E-state index contributed by atoms with van der Waals surface area (Å²) >= 11 is 0. The lowest BCUT2D eigenvalue weighted by Gasteiger charge is -2.39. The summed E-state index contributed by atoms with van der Waals surface area (Å²) in [5.74, 6) is 4.10. The van der Waals surface area contributed by atoms with Crippen molar-refractivity contribution < 1.29 is 18.9 Å². The molecule has 6 heteroatoms. The fourth-order valence-electron chi connectivity index (χ4n) is 10.5. The molecule has 3 aliphatic rings. The van der Waals surface area contributed by atoms with E-state index in [4.69, 9.17) is 18.9 Å². The molecule has 2 fully saturated rings. The van der Waals surface area contributed by atoms with E-state index >= 15 is 0 Å². The van der Waals surface area contributed by atoms with Gasteiger partial charge in [-0.1, -0.05) is 86.1 Å². The molecule has 0 saturated heterocycles. The molecule has 1 aliphatic heterocycles. The Morgan fingerprint density at radius 1 is 0.367 bits per heavy atom. The van der Waals surface area contributed by atoms with Crippen molar-refractivity contribution in [2.45, 2.75) is 170 Å². The number of hydrogen-bond donors (Lipinski definition) is 0. The van der Waals surface area contributed by atoms with Gasteiger partial charge in [0.15, 0.2) is 0 Å². The molecule has 60 heavy (non-hydrogen) atoms. The summed E-state index contributed by atoms with van der Waals surface area (Å²) in [6, 6.07) is 19.5. The van der Waals surface area contributed by atoms with Crippen LogP contribution in [-0.2, 0) is 13.1 Å². The van der Waals surface area contributed by atoms with Gasteiger partial charge in [-0.15, -0.1) is 0 Å². The Balaban J connectivity index is 1.24. The number of rotatable bonds is 2. The second-order valence-electron chi connectivity index (χ2n) is 18.7. The molecule has 0 N–H and O–H groups in total. The topological polar surface area (TPSA) is 43.4 Å².